The largest absolute Gasteiger partial charge is 0.381 e. The quantitative estimate of drug-likeness (QED) is 0.927. The summed E-state index contributed by atoms with van der Waals surface area (Å²) in [6, 6.07) is 6.89. The van der Waals surface area contributed by atoms with Gasteiger partial charge >= 0.3 is 0 Å². The molecule has 1 saturated heterocycles. The normalized spacial score (nSPS) is 19.5. The highest BCUT2D eigenvalue weighted by Gasteiger charge is 2.44. The lowest BCUT2D eigenvalue weighted by molar-refractivity contribution is -0.118. The molecule has 0 radical (unpaired) electrons. The molecule has 1 aromatic carbocycles. The molecule has 2 heterocycles. The van der Waals surface area contributed by atoms with Gasteiger partial charge in [-0.3, -0.25) is 4.79 Å². The molecule has 126 valence electrons. The molecule has 2 aliphatic heterocycles. The molecule has 0 aromatic heterocycles. The SMILES string of the molecule is CC(C)C(=O)Nc1ccc2c(c1)C1(CCOCC1)CN2C(C)C. The summed E-state index contributed by atoms with van der Waals surface area (Å²) < 4.78 is 5.60. The molecule has 0 unspecified atom stereocenters. The van der Waals surface area contributed by atoms with Gasteiger partial charge in [0.15, 0.2) is 0 Å². The standard InChI is InChI=1S/C19H28N2O2/c1-13(2)18(22)20-15-5-6-17-16(11-15)19(7-9-23-10-8-19)12-21(17)14(3)4/h5-6,11,13-14H,7-10,12H2,1-4H3,(H,20,22). The van der Waals surface area contributed by atoms with E-state index in [2.05, 4.69) is 36.2 Å². The van der Waals surface area contributed by atoms with E-state index in [-0.39, 0.29) is 17.2 Å². The first kappa shape index (κ1) is 16.3. The maximum atomic E-state index is 12.0. The van der Waals surface area contributed by atoms with Gasteiger partial charge in [-0.15, -0.1) is 0 Å². The van der Waals surface area contributed by atoms with E-state index >= 15 is 0 Å². The lowest BCUT2D eigenvalue weighted by Gasteiger charge is -2.35. The monoisotopic (exact) mass is 316 g/mol. The molecule has 0 saturated carbocycles. The van der Waals surface area contributed by atoms with Crippen LogP contribution in [0.2, 0.25) is 0 Å². The third kappa shape index (κ3) is 2.97. The summed E-state index contributed by atoms with van der Waals surface area (Å²) in [6.45, 7) is 11.0. The first-order valence-electron chi connectivity index (χ1n) is 8.73. The molecule has 0 aliphatic carbocycles. The van der Waals surface area contributed by atoms with Crippen LogP contribution in [0.15, 0.2) is 18.2 Å². The van der Waals surface area contributed by atoms with Crippen molar-refractivity contribution >= 4 is 17.3 Å². The van der Waals surface area contributed by atoms with E-state index in [0.717, 1.165) is 38.3 Å². The number of anilines is 2. The van der Waals surface area contributed by atoms with Crippen molar-refractivity contribution in [1.29, 1.82) is 0 Å². The summed E-state index contributed by atoms with van der Waals surface area (Å²) in [4.78, 5) is 14.5. The lowest BCUT2D eigenvalue weighted by Crippen LogP contribution is -2.40. The number of amides is 1. The molecule has 1 fully saturated rings. The van der Waals surface area contributed by atoms with Crippen molar-refractivity contribution in [2.24, 2.45) is 5.92 Å². The molecular formula is C19H28N2O2. The molecule has 4 heteroatoms. The van der Waals surface area contributed by atoms with Gasteiger partial charge in [0.05, 0.1) is 0 Å². The number of nitrogens with one attached hydrogen (secondary N) is 1. The van der Waals surface area contributed by atoms with E-state index in [9.17, 15) is 4.79 Å². The number of ether oxygens (including phenoxy) is 1. The Bertz CT molecular complexity index is 589. The number of fused-ring (bicyclic) bond motifs is 2. The Morgan fingerprint density at radius 3 is 2.52 bits per heavy atom. The van der Waals surface area contributed by atoms with E-state index in [1.807, 2.05) is 19.9 Å². The molecule has 2 aliphatic rings. The Kier molecular flexibility index (Phi) is 4.37. The van der Waals surface area contributed by atoms with Gasteiger partial charge in [0.2, 0.25) is 5.91 Å². The zero-order chi connectivity index (χ0) is 16.6. The highest BCUT2D eigenvalue weighted by Crippen LogP contribution is 2.48. The van der Waals surface area contributed by atoms with E-state index < -0.39 is 0 Å². The fourth-order valence-electron chi connectivity index (χ4n) is 3.72. The van der Waals surface area contributed by atoms with Crippen molar-refractivity contribution in [3.05, 3.63) is 23.8 Å². The number of carbonyl (C=O) groups excluding carboxylic acids is 1. The van der Waals surface area contributed by atoms with Crippen LogP contribution in [0, 0.1) is 5.92 Å². The summed E-state index contributed by atoms with van der Waals surface area (Å²) in [7, 11) is 0. The minimum Gasteiger partial charge on any atom is -0.381 e. The van der Waals surface area contributed by atoms with E-state index in [0.29, 0.717) is 6.04 Å². The minimum atomic E-state index is -0.00698. The smallest absolute Gasteiger partial charge is 0.226 e. The molecule has 1 N–H and O–H groups in total. The third-order valence-electron chi connectivity index (χ3n) is 5.22. The van der Waals surface area contributed by atoms with Gasteiger partial charge in [0.25, 0.3) is 0 Å². The Morgan fingerprint density at radius 1 is 1.22 bits per heavy atom. The first-order chi connectivity index (χ1) is 10.9. The van der Waals surface area contributed by atoms with Crippen LogP contribution in [0.1, 0.15) is 46.1 Å². The molecule has 0 atom stereocenters. The number of hydrogen-bond acceptors (Lipinski definition) is 3. The van der Waals surface area contributed by atoms with Crippen LogP contribution in [-0.4, -0.2) is 31.7 Å². The van der Waals surface area contributed by atoms with Gasteiger partial charge in [0.1, 0.15) is 0 Å². The second kappa shape index (κ2) is 6.16. The Hall–Kier alpha value is -1.55. The molecule has 1 spiro atoms. The zero-order valence-electron chi connectivity index (χ0n) is 14.7. The summed E-state index contributed by atoms with van der Waals surface area (Å²) in [5.74, 6) is 0.0668. The van der Waals surface area contributed by atoms with Crippen LogP contribution < -0.4 is 10.2 Å². The van der Waals surface area contributed by atoms with E-state index in [1.54, 1.807) is 0 Å². The Labute approximate surface area is 139 Å². The molecule has 0 bridgehead atoms. The van der Waals surface area contributed by atoms with Crippen LogP contribution in [0.3, 0.4) is 0 Å². The molecule has 1 aromatic rings. The summed E-state index contributed by atoms with van der Waals surface area (Å²) in [5, 5.41) is 3.05. The first-order valence-corrected chi connectivity index (χ1v) is 8.73. The zero-order valence-corrected chi connectivity index (χ0v) is 14.7. The number of benzene rings is 1. The van der Waals surface area contributed by atoms with Gasteiger partial charge in [-0.1, -0.05) is 13.8 Å². The van der Waals surface area contributed by atoms with Gasteiger partial charge in [-0.2, -0.15) is 0 Å². The minimum absolute atomic E-state index is 0.00698. The van der Waals surface area contributed by atoms with Crippen LogP contribution in [0.25, 0.3) is 0 Å². The van der Waals surface area contributed by atoms with Crippen molar-refractivity contribution in [2.45, 2.75) is 52.0 Å². The second-order valence-corrected chi connectivity index (χ2v) is 7.49. The van der Waals surface area contributed by atoms with Gasteiger partial charge < -0.3 is 15.0 Å². The summed E-state index contributed by atoms with van der Waals surface area (Å²) in [6.07, 6.45) is 2.12. The predicted octanol–water partition coefficient (Wildman–Crippen LogP) is 3.56. The van der Waals surface area contributed by atoms with Crippen LogP contribution in [-0.2, 0) is 14.9 Å². The Balaban J connectivity index is 1.96. The fraction of sp³-hybridized carbons (Fsp3) is 0.632. The molecule has 3 rings (SSSR count). The van der Waals surface area contributed by atoms with E-state index in [1.165, 1.54) is 11.3 Å². The van der Waals surface area contributed by atoms with Gasteiger partial charge in [-0.05, 0) is 50.5 Å². The average molecular weight is 316 g/mol. The van der Waals surface area contributed by atoms with Crippen molar-refractivity contribution in [1.82, 2.24) is 0 Å². The van der Waals surface area contributed by atoms with Crippen LogP contribution in [0.4, 0.5) is 11.4 Å². The van der Waals surface area contributed by atoms with Crippen molar-refractivity contribution in [3.8, 4) is 0 Å². The fourth-order valence-corrected chi connectivity index (χ4v) is 3.72. The number of nitrogens with zero attached hydrogens (tertiary/aromatic N) is 1. The summed E-state index contributed by atoms with van der Waals surface area (Å²) >= 11 is 0. The average Bonchev–Trinajstić information content (AvgIpc) is 2.82. The van der Waals surface area contributed by atoms with Crippen molar-refractivity contribution in [3.63, 3.8) is 0 Å². The maximum Gasteiger partial charge on any atom is 0.226 e. The number of carbonyl (C=O) groups is 1. The number of rotatable bonds is 3. The van der Waals surface area contributed by atoms with Gasteiger partial charge in [-0.25, -0.2) is 0 Å². The van der Waals surface area contributed by atoms with Crippen LogP contribution in [0.5, 0.6) is 0 Å². The van der Waals surface area contributed by atoms with Crippen LogP contribution >= 0.6 is 0 Å². The third-order valence-corrected chi connectivity index (χ3v) is 5.22. The second-order valence-electron chi connectivity index (χ2n) is 7.49. The molecule has 23 heavy (non-hydrogen) atoms. The highest BCUT2D eigenvalue weighted by atomic mass is 16.5. The molecular weight excluding hydrogens is 288 g/mol. The van der Waals surface area contributed by atoms with E-state index in [4.69, 9.17) is 4.74 Å². The maximum absolute atomic E-state index is 12.0. The number of hydrogen-bond donors (Lipinski definition) is 1. The predicted molar refractivity (Wildman–Crippen MR) is 94.1 cm³/mol. The highest BCUT2D eigenvalue weighted by molar-refractivity contribution is 5.92. The Morgan fingerprint density at radius 2 is 1.91 bits per heavy atom. The lowest BCUT2D eigenvalue weighted by atomic mass is 9.75. The summed E-state index contributed by atoms with van der Waals surface area (Å²) in [5.41, 5.74) is 3.80. The van der Waals surface area contributed by atoms with Gasteiger partial charge in [0, 0.05) is 48.5 Å². The molecule has 4 nitrogen and oxygen atoms in total. The van der Waals surface area contributed by atoms with Crippen molar-refractivity contribution < 1.29 is 9.53 Å². The molecule has 1 amide bonds. The topological polar surface area (TPSA) is 41.6 Å². The van der Waals surface area contributed by atoms with Crippen molar-refractivity contribution in [2.75, 3.05) is 30.0 Å².